The molecule has 0 radical (unpaired) electrons. The Balaban J connectivity index is 1.43. The predicted octanol–water partition coefficient (Wildman–Crippen LogP) is 6.11. The molecule has 4 aromatic carbocycles. The highest BCUT2D eigenvalue weighted by molar-refractivity contribution is 7.86. The molecule has 234 valence electrons. The van der Waals surface area contributed by atoms with Gasteiger partial charge in [-0.1, -0.05) is 48.5 Å². The molecule has 0 saturated carbocycles. The summed E-state index contributed by atoms with van der Waals surface area (Å²) in [6.07, 6.45) is 4.92. The maximum atomic E-state index is 13.0. The van der Waals surface area contributed by atoms with Crippen LogP contribution in [0, 0.1) is 0 Å². The Morgan fingerprint density at radius 2 is 1.11 bits per heavy atom. The van der Waals surface area contributed by atoms with Crippen molar-refractivity contribution in [1.29, 1.82) is 0 Å². The van der Waals surface area contributed by atoms with Gasteiger partial charge in [-0.3, -0.25) is 4.55 Å². The minimum atomic E-state index is -4.73. The van der Waals surface area contributed by atoms with E-state index < -0.39 is 16.1 Å². The van der Waals surface area contributed by atoms with Gasteiger partial charge in [0.05, 0.1) is 19.2 Å². The van der Waals surface area contributed by atoms with Crippen molar-refractivity contribution < 1.29 is 41.8 Å². The highest BCUT2D eigenvalue weighted by Gasteiger charge is 2.25. The minimum Gasteiger partial charge on any atom is -0.545 e. The molecule has 2 saturated heterocycles. The van der Waals surface area contributed by atoms with Crippen molar-refractivity contribution >= 4 is 16.1 Å². The number of carboxylic acid groups (broad SMARTS) is 1. The van der Waals surface area contributed by atoms with Crippen LogP contribution in [0.1, 0.15) is 48.9 Å². The summed E-state index contributed by atoms with van der Waals surface area (Å²) in [5.41, 5.74) is 2.88. The summed E-state index contributed by atoms with van der Waals surface area (Å²) in [6, 6.07) is 23.3. The summed E-state index contributed by atoms with van der Waals surface area (Å²) in [4.78, 5) is 11.1. The molecule has 0 bridgehead atoms. The average molecular weight is 630 g/mol. The summed E-state index contributed by atoms with van der Waals surface area (Å²) in [5.74, 6) is -0.150. The number of benzene rings is 4. The van der Waals surface area contributed by atoms with Crippen LogP contribution in [0.5, 0.6) is 11.5 Å². The number of carbonyl (C=O) groups is 1. The van der Waals surface area contributed by atoms with Gasteiger partial charge in [0.1, 0.15) is 16.4 Å². The van der Waals surface area contributed by atoms with Crippen molar-refractivity contribution in [1.82, 2.24) is 0 Å². The van der Waals surface area contributed by atoms with Crippen LogP contribution < -0.4 is 14.6 Å². The van der Waals surface area contributed by atoms with Gasteiger partial charge < -0.3 is 28.8 Å². The molecule has 2 aliphatic rings. The quantitative estimate of drug-likeness (QED) is 0.218. The van der Waals surface area contributed by atoms with E-state index in [1.165, 1.54) is 12.1 Å². The van der Waals surface area contributed by atoms with Gasteiger partial charge in [-0.2, -0.15) is 8.42 Å². The van der Waals surface area contributed by atoms with Crippen molar-refractivity contribution in [3.05, 3.63) is 90.5 Å². The van der Waals surface area contributed by atoms with E-state index in [4.69, 9.17) is 18.9 Å². The molecule has 45 heavy (non-hydrogen) atoms. The normalized spacial score (nSPS) is 18.7. The van der Waals surface area contributed by atoms with Crippen LogP contribution in [0.15, 0.2) is 89.8 Å². The summed E-state index contributed by atoms with van der Waals surface area (Å²) in [5, 5.41) is 11.3. The Labute approximate surface area is 262 Å². The molecule has 2 fully saturated rings. The number of rotatable bonds is 9. The maximum Gasteiger partial charge on any atom is 0.295 e. The third-order valence-electron chi connectivity index (χ3n) is 7.94. The summed E-state index contributed by atoms with van der Waals surface area (Å²) in [6.45, 7) is 1.28. The van der Waals surface area contributed by atoms with E-state index in [0.717, 1.165) is 38.5 Å². The van der Waals surface area contributed by atoms with Crippen LogP contribution in [0.4, 0.5) is 0 Å². The lowest BCUT2D eigenvalue weighted by atomic mass is 9.92. The molecule has 4 aromatic rings. The van der Waals surface area contributed by atoms with Crippen molar-refractivity contribution in [3.63, 3.8) is 0 Å². The first-order chi connectivity index (χ1) is 21.7. The van der Waals surface area contributed by atoms with E-state index in [2.05, 4.69) is 0 Å². The van der Waals surface area contributed by atoms with E-state index in [-0.39, 0.29) is 34.2 Å². The highest BCUT2D eigenvalue weighted by atomic mass is 32.2. The summed E-state index contributed by atoms with van der Waals surface area (Å²) < 4.78 is 60.0. The number of carbonyl (C=O) groups excluding carboxylic acids is 1. The lowest BCUT2D eigenvalue weighted by Crippen LogP contribution is -2.24. The Morgan fingerprint density at radius 3 is 1.49 bits per heavy atom. The van der Waals surface area contributed by atoms with Crippen LogP contribution in [-0.4, -0.2) is 44.7 Å². The molecule has 10 heteroatoms. The topological polar surface area (TPSA) is 131 Å². The van der Waals surface area contributed by atoms with Crippen LogP contribution in [-0.2, 0) is 19.6 Å². The van der Waals surface area contributed by atoms with E-state index in [1.54, 1.807) is 72.8 Å². The predicted molar refractivity (Wildman–Crippen MR) is 165 cm³/mol. The molecule has 2 unspecified atom stereocenters. The minimum absolute atomic E-state index is 0.0174. The van der Waals surface area contributed by atoms with Crippen molar-refractivity contribution in [2.75, 3.05) is 13.2 Å². The van der Waals surface area contributed by atoms with E-state index in [1.807, 2.05) is 0 Å². The van der Waals surface area contributed by atoms with Crippen LogP contribution in [0.25, 0.3) is 33.4 Å². The van der Waals surface area contributed by atoms with Gasteiger partial charge in [-0.15, -0.1) is 0 Å². The van der Waals surface area contributed by atoms with Gasteiger partial charge in [0.25, 0.3) is 10.1 Å². The standard InChI is InChI=1S/C35H34O9S/c36-35(37)26-9-7-23(8-10-26)27-21-30(24-11-15-28(16-12-24)43-32-5-1-3-19-41-32)34(45(38,39)40)31(22-27)25-13-17-29(18-14-25)44-33-6-2-4-20-42-33/h7-18,21-22,32-33H,1-6,19-20H2,(H,36,37)(H,38,39,40)/p-1. The smallest absolute Gasteiger partial charge is 0.295 e. The molecule has 2 atom stereocenters. The maximum absolute atomic E-state index is 13.0. The molecule has 0 aliphatic carbocycles. The van der Waals surface area contributed by atoms with Crippen LogP contribution in [0.2, 0.25) is 0 Å². The van der Waals surface area contributed by atoms with E-state index in [0.29, 0.717) is 47.0 Å². The van der Waals surface area contributed by atoms with Crippen molar-refractivity contribution in [2.24, 2.45) is 0 Å². The second-order valence-electron chi connectivity index (χ2n) is 11.1. The van der Waals surface area contributed by atoms with Gasteiger partial charge in [-0.05, 0) is 89.9 Å². The number of hydrogen-bond donors (Lipinski definition) is 1. The van der Waals surface area contributed by atoms with Gasteiger partial charge in [0.2, 0.25) is 0 Å². The molecule has 0 spiro atoms. The average Bonchev–Trinajstić information content (AvgIpc) is 3.05. The first kappa shape index (κ1) is 30.8. The Kier molecular flexibility index (Phi) is 9.18. The first-order valence-corrected chi connectivity index (χ1v) is 16.4. The number of aromatic carboxylic acids is 1. The van der Waals surface area contributed by atoms with E-state index in [9.17, 15) is 22.9 Å². The molecular weight excluding hydrogens is 596 g/mol. The summed E-state index contributed by atoms with van der Waals surface area (Å²) in [7, 11) is -4.73. The zero-order valence-electron chi connectivity index (χ0n) is 24.5. The van der Waals surface area contributed by atoms with Gasteiger partial charge in [0, 0.05) is 24.0 Å². The molecule has 6 rings (SSSR count). The van der Waals surface area contributed by atoms with Crippen molar-refractivity contribution in [2.45, 2.75) is 56.0 Å². The lowest BCUT2D eigenvalue weighted by molar-refractivity contribution is -0.255. The Hall–Kier alpha value is -4.22. The molecule has 0 aromatic heterocycles. The molecule has 9 nitrogen and oxygen atoms in total. The monoisotopic (exact) mass is 629 g/mol. The fourth-order valence-electron chi connectivity index (χ4n) is 5.64. The van der Waals surface area contributed by atoms with Crippen LogP contribution in [0.3, 0.4) is 0 Å². The van der Waals surface area contributed by atoms with Crippen molar-refractivity contribution in [3.8, 4) is 44.9 Å². The fraction of sp³-hybridized carbons (Fsp3) is 0.286. The third kappa shape index (κ3) is 7.37. The number of hydrogen-bond acceptors (Lipinski definition) is 8. The highest BCUT2D eigenvalue weighted by Crippen LogP contribution is 2.41. The zero-order valence-corrected chi connectivity index (χ0v) is 25.3. The van der Waals surface area contributed by atoms with Gasteiger partial charge in [0.15, 0.2) is 12.6 Å². The first-order valence-electron chi connectivity index (χ1n) is 15.0. The van der Waals surface area contributed by atoms with Gasteiger partial charge >= 0.3 is 0 Å². The van der Waals surface area contributed by atoms with Crippen LogP contribution >= 0.6 is 0 Å². The van der Waals surface area contributed by atoms with Gasteiger partial charge in [-0.25, -0.2) is 0 Å². The fourth-order valence-corrected chi connectivity index (χ4v) is 6.55. The Morgan fingerprint density at radius 1 is 0.667 bits per heavy atom. The SMILES string of the molecule is O=C([O-])c1ccc(-c2cc(-c3ccc(OC4CCCCO4)cc3)c(S(=O)(=O)O)c(-c3ccc(OC4CCCCO4)cc3)c2)cc1. The lowest BCUT2D eigenvalue weighted by Gasteiger charge is -2.23. The largest absolute Gasteiger partial charge is 0.545 e. The Bertz CT molecular complexity index is 1650. The second kappa shape index (κ2) is 13.4. The summed E-state index contributed by atoms with van der Waals surface area (Å²) >= 11 is 0. The number of ether oxygens (including phenoxy) is 4. The molecule has 0 amide bonds. The third-order valence-corrected chi connectivity index (χ3v) is 8.90. The number of carboxylic acids is 1. The molecule has 1 N–H and O–H groups in total. The van der Waals surface area contributed by atoms with E-state index >= 15 is 0 Å². The zero-order chi connectivity index (χ0) is 31.4. The molecular formula is C35H33O9S-. The molecule has 2 heterocycles. The molecule has 2 aliphatic heterocycles. The second-order valence-corrected chi connectivity index (χ2v) is 12.5.